The van der Waals surface area contributed by atoms with E-state index in [1.165, 1.54) is 4.90 Å². The molecule has 2 atom stereocenters. The Kier molecular flexibility index (Phi) is 5.22. The number of benzene rings is 1. The van der Waals surface area contributed by atoms with Crippen LogP contribution in [0.25, 0.3) is 0 Å². The van der Waals surface area contributed by atoms with Crippen LogP contribution in [0.5, 0.6) is 0 Å². The van der Waals surface area contributed by atoms with Gasteiger partial charge in [-0.2, -0.15) is 13.2 Å². The summed E-state index contributed by atoms with van der Waals surface area (Å²) in [5, 5.41) is 0. The van der Waals surface area contributed by atoms with Gasteiger partial charge in [-0.15, -0.1) is 0 Å². The average Bonchev–Trinajstić information content (AvgIpc) is 3.09. The number of hydrogen-bond donors (Lipinski definition) is 0. The minimum atomic E-state index is -4.96. The molecule has 1 aromatic carbocycles. The van der Waals surface area contributed by atoms with Crippen molar-refractivity contribution in [3.05, 3.63) is 35.4 Å². The van der Waals surface area contributed by atoms with Crippen LogP contribution in [0.3, 0.4) is 0 Å². The molecule has 5 nitrogen and oxygen atoms in total. The molecule has 0 radical (unpaired) electrons. The number of carbonyl (C=O) groups is 2. The van der Waals surface area contributed by atoms with Gasteiger partial charge in [-0.05, 0) is 25.3 Å². The first-order chi connectivity index (χ1) is 12.3. The highest BCUT2D eigenvalue weighted by atomic mass is 19.4. The maximum Gasteiger partial charge on any atom is 0.471 e. The summed E-state index contributed by atoms with van der Waals surface area (Å²) in [7, 11) is 0. The van der Waals surface area contributed by atoms with E-state index in [0.717, 1.165) is 11.1 Å². The molecule has 1 aromatic rings. The molecule has 0 aromatic heterocycles. The second-order valence-corrected chi connectivity index (χ2v) is 6.71. The number of nitrogens with zero attached hydrogens (tertiary/aromatic N) is 2. The molecular weight excluding hydrogens is 349 g/mol. The van der Waals surface area contributed by atoms with Crippen molar-refractivity contribution in [3.63, 3.8) is 0 Å². The lowest BCUT2D eigenvalue weighted by molar-refractivity contribution is -0.187. The van der Waals surface area contributed by atoms with Crippen molar-refractivity contribution >= 4 is 11.8 Å². The number of amides is 2. The molecule has 0 bridgehead atoms. The van der Waals surface area contributed by atoms with Gasteiger partial charge >= 0.3 is 12.1 Å². The zero-order chi connectivity index (χ0) is 18.9. The number of rotatable bonds is 2. The van der Waals surface area contributed by atoms with Crippen molar-refractivity contribution in [2.75, 3.05) is 26.2 Å². The predicted molar refractivity (Wildman–Crippen MR) is 87.2 cm³/mol. The summed E-state index contributed by atoms with van der Waals surface area (Å²) in [6.07, 6.45) is -4.63. The van der Waals surface area contributed by atoms with Crippen LogP contribution in [0.4, 0.5) is 13.2 Å². The third-order valence-electron chi connectivity index (χ3n) is 4.87. The van der Waals surface area contributed by atoms with Crippen LogP contribution < -0.4 is 0 Å². The van der Waals surface area contributed by atoms with Crippen LogP contribution in [-0.4, -0.2) is 60.1 Å². The third kappa shape index (κ3) is 3.85. The van der Waals surface area contributed by atoms with Gasteiger partial charge in [0.1, 0.15) is 12.1 Å². The summed E-state index contributed by atoms with van der Waals surface area (Å²) < 4.78 is 44.0. The Labute approximate surface area is 149 Å². The average molecular weight is 370 g/mol. The Bertz CT molecular complexity index is 675. The van der Waals surface area contributed by atoms with Gasteiger partial charge in [-0.1, -0.05) is 29.8 Å². The highest BCUT2D eigenvalue weighted by Gasteiger charge is 2.48. The Hall–Kier alpha value is -2.09. The number of halogens is 3. The molecule has 142 valence electrons. The van der Waals surface area contributed by atoms with Gasteiger partial charge in [-0.3, -0.25) is 9.59 Å². The maximum atomic E-state index is 12.8. The minimum Gasteiger partial charge on any atom is -0.370 e. The first-order valence-electron chi connectivity index (χ1n) is 8.62. The molecule has 2 aliphatic heterocycles. The summed E-state index contributed by atoms with van der Waals surface area (Å²) >= 11 is 0. The smallest absolute Gasteiger partial charge is 0.370 e. The molecule has 2 amide bonds. The van der Waals surface area contributed by atoms with E-state index >= 15 is 0 Å². The second-order valence-electron chi connectivity index (χ2n) is 6.71. The summed E-state index contributed by atoms with van der Waals surface area (Å²) in [6, 6.07) is 6.69. The van der Waals surface area contributed by atoms with E-state index in [0.29, 0.717) is 24.5 Å². The van der Waals surface area contributed by atoms with Crippen molar-refractivity contribution in [3.8, 4) is 0 Å². The number of likely N-dealkylation sites (tertiary alicyclic amines) is 1. The van der Waals surface area contributed by atoms with Gasteiger partial charge in [0.05, 0.1) is 13.2 Å². The Morgan fingerprint density at radius 1 is 1.15 bits per heavy atom. The zero-order valence-electron chi connectivity index (χ0n) is 14.5. The van der Waals surface area contributed by atoms with Crippen molar-refractivity contribution in [2.45, 2.75) is 38.1 Å². The molecular formula is C18H21F3N2O3. The lowest BCUT2D eigenvalue weighted by Gasteiger charge is -2.36. The number of hydrogen-bond acceptors (Lipinski definition) is 3. The predicted octanol–water partition coefficient (Wildman–Crippen LogP) is 2.45. The van der Waals surface area contributed by atoms with Crippen molar-refractivity contribution in [1.29, 1.82) is 0 Å². The third-order valence-corrected chi connectivity index (χ3v) is 4.87. The Morgan fingerprint density at radius 3 is 2.50 bits per heavy atom. The van der Waals surface area contributed by atoms with Crippen LogP contribution in [-0.2, 0) is 14.3 Å². The SMILES string of the molecule is Cc1ccc(C2CN(C(=O)C3CCCN3C(=O)C(F)(F)F)CCO2)cc1. The number of alkyl halides is 3. The van der Waals surface area contributed by atoms with Gasteiger partial charge in [0.2, 0.25) is 5.91 Å². The van der Waals surface area contributed by atoms with Crippen LogP contribution in [0.1, 0.15) is 30.1 Å². The van der Waals surface area contributed by atoms with Crippen molar-refractivity contribution < 1.29 is 27.5 Å². The largest absolute Gasteiger partial charge is 0.471 e. The minimum absolute atomic E-state index is 0.0412. The van der Waals surface area contributed by atoms with Crippen LogP contribution in [0.2, 0.25) is 0 Å². The summed E-state index contributed by atoms with van der Waals surface area (Å²) in [5.41, 5.74) is 2.02. The summed E-state index contributed by atoms with van der Waals surface area (Å²) in [4.78, 5) is 26.5. The highest BCUT2D eigenvalue weighted by molar-refractivity contribution is 5.90. The first-order valence-corrected chi connectivity index (χ1v) is 8.62. The number of morpholine rings is 1. The van der Waals surface area contributed by atoms with Crippen LogP contribution >= 0.6 is 0 Å². The zero-order valence-corrected chi connectivity index (χ0v) is 14.5. The van der Waals surface area contributed by atoms with E-state index in [1.807, 2.05) is 31.2 Å². The fraction of sp³-hybridized carbons (Fsp3) is 0.556. The quantitative estimate of drug-likeness (QED) is 0.804. The first kappa shape index (κ1) is 18.7. The van der Waals surface area contributed by atoms with Crippen molar-refractivity contribution in [2.24, 2.45) is 0 Å². The molecule has 0 saturated carbocycles. The highest BCUT2D eigenvalue weighted by Crippen LogP contribution is 2.29. The lowest BCUT2D eigenvalue weighted by Crippen LogP contribution is -2.53. The molecule has 3 rings (SSSR count). The summed E-state index contributed by atoms with van der Waals surface area (Å²) in [5.74, 6) is -2.36. The van der Waals surface area contributed by atoms with Gasteiger partial charge in [0.25, 0.3) is 0 Å². The topological polar surface area (TPSA) is 49.9 Å². The molecule has 0 N–H and O–H groups in total. The molecule has 2 saturated heterocycles. The fourth-order valence-electron chi connectivity index (χ4n) is 3.47. The molecule has 2 unspecified atom stereocenters. The number of aryl methyl sites for hydroxylation is 1. The molecule has 2 fully saturated rings. The molecule has 26 heavy (non-hydrogen) atoms. The molecule has 8 heteroatoms. The van der Waals surface area contributed by atoms with E-state index in [9.17, 15) is 22.8 Å². The molecule has 0 spiro atoms. The van der Waals surface area contributed by atoms with Crippen LogP contribution in [0, 0.1) is 6.92 Å². The number of ether oxygens (including phenoxy) is 1. The molecule has 0 aliphatic carbocycles. The van der Waals surface area contributed by atoms with Gasteiger partial charge < -0.3 is 14.5 Å². The standard InChI is InChI=1S/C18H21F3N2O3/c1-12-4-6-13(7-5-12)15-11-22(9-10-26-15)16(24)14-3-2-8-23(14)17(25)18(19,20)21/h4-7,14-15H,2-3,8-11H2,1H3. The molecule has 2 aliphatic rings. The van der Waals surface area contributed by atoms with Gasteiger partial charge in [-0.25, -0.2) is 0 Å². The van der Waals surface area contributed by atoms with E-state index in [-0.39, 0.29) is 25.6 Å². The van der Waals surface area contributed by atoms with E-state index < -0.39 is 24.0 Å². The van der Waals surface area contributed by atoms with E-state index in [1.54, 1.807) is 0 Å². The summed E-state index contributed by atoms with van der Waals surface area (Å²) in [6.45, 7) is 2.82. The Balaban J connectivity index is 1.70. The number of carbonyl (C=O) groups excluding carboxylic acids is 2. The van der Waals surface area contributed by atoms with E-state index in [4.69, 9.17) is 4.74 Å². The van der Waals surface area contributed by atoms with Gasteiger partial charge in [0.15, 0.2) is 0 Å². The normalized spacial score (nSPS) is 24.0. The fourth-order valence-corrected chi connectivity index (χ4v) is 3.47. The van der Waals surface area contributed by atoms with Crippen LogP contribution in [0.15, 0.2) is 24.3 Å². The lowest BCUT2D eigenvalue weighted by atomic mass is 10.0. The monoisotopic (exact) mass is 370 g/mol. The molecule has 2 heterocycles. The Morgan fingerprint density at radius 2 is 1.85 bits per heavy atom. The van der Waals surface area contributed by atoms with Gasteiger partial charge in [0, 0.05) is 13.1 Å². The second kappa shape index (κ2) is 7.26. The maximum absolute atomic E-state index is 12.8. The van der Waals surface area contributed by atoms with Crippen molar-refractivity contribution in [1.82, 2.24) is 9.80 Å². The van der Waals surface area contributed by atoms with E-state index in [2.05, 4.69) is 0 Å².